The maximum absolute atomic E-state index is 11.6. The molecule has 88 valence electrons. The Labute approximate surface area is 94.4 Å². The van der Waals surface area contributed by atoms with Crippen LogP contribution in [-0.4, -0.2) is 39.8 Å². The van der Waals surface area contributed by atoms with Crippen LogP contribution >= 0.6 is 0 Å². The molecule has 1 saturated heterocycles. The number of carbonyl (C=O) groups excluding carboxylic acids is 1. The van der Waals surface area contributed by atoms with Crippen LogP contribution in [0.4, 0.5) is 0 Å². The summed E-state index contributed by atoms with van der Waals surface area (Å²) in [5.74, 6) is 0.897. The lowest BCUT2D eigenvalue weighted by atomic mass is 10.1. The smallest absolute Gasteiger partial charge is 0.237 e. The Hall–Kier alpha value is -1.43. The van der Waals surface area contributed by atoms with Crippen molar-refractivity contribution < 1.29 is 4.79 Å². The lowest BCUT2D eigenvalue weighted by Gasteiger charge is -2.23. The van der Waals surface area contributed by atoms with E-state index in [4.69, 9.17) is 0 Å². The first-order chi connectivity index (χ1) is 7.68. The van der Waals surface area contributed by atoms with E-state index in [1.165, 1.54) is 0 Å². The van der Waals surface area contributed by atoms with Crippen molar-refractivity contribution in [3.8, 4) is 0 Å². The molecule has 0 saturated carbocycles. The van der Waals surface area contributed by atoms with Crippen LogP contribution in [0.25, 0.3) is 0 Å². The van der Waals surface area contributed by atoms with Crippen LogP contribution in [0.5, 0.6) is 0 Å². The van der Waals surface area contributed by atoms with Crippen molar-refractivity contribution in [2.45, 2.75) is 32.4 Å². The fourth-order valence-corrected chi connectivity index (χ4v) is 1.84. The second kappa shape index (κ2) is 4.61. The van der Waals surface area contributed by atoms with Crippen molar-refractivity contribution in [3.05, 3.63) is 12.2 Å². The molecule has 6 heteroatoms. The van der Waals surface area contributed by atoms with Gasteiger partial charge in [0.15, 0.2) is 0 Å². The highest BCUT2D eigenvalue weighted by molar-refractivity contribution is 5.82. The van der Waals surface area contributed by atoms with Gasteiger partial charge in [0.05, 0.1) is 6.04 Å². The summed E-state index contributed by atoms with van der Waals surface area (Å²) in [7, 11) is 0. The highest BCUT2D eigenvalue weighted by atomic mass is 16.2. The van der Waals surface area contributed by atoms with Gasteiger partial charge in [-0.1, -0.05) is 0 Å². The summed E-state index contributed by atoms with van der Waals surface area (Å²) in [5.41, 5.74) is 0. The molecule has 0 radical (unpaired) electrons. The molecule has 6 nitrogen and oxygen atoms in total. The summed E-state index contributed by atoms with van der Waals surface area (Å²) in [6, 6.07) is 0.132. The van der Waals surface area contributed by atoms with Gasteiger partial charge in [0.25, 0.3) is 0 Å². The molecule has 1 aromatic heterocycles. The van der Waals surface area contributed by atoms with Gasteiger partial charge in [-0.15, -0.1) is 10.2 Å². The molecule has 1 atom stereocenters. The minimum atomic E-state index is -0.185. The van der Waals surface area contributed by atoms with E-state index in [1.807, 2.05) is 4.57 Å². The molecule has 1 amide bonds. The minimum absolute atomic E-state index is 0.0459. The topological polar surface area (TPSA) is 71.8 Å². The van der Waals surface area contributed by atoms with Gasteiger partial charge in [0.2, 0.25) is 5.91 Å². The van der Waals surface area contributed by atoms with Crippen molar-refractivity contribution in [1.29, 1.82) is 0 Å². The number of hydrogen-bond donors (Lipinski definition) is 2. The average Bonchev–Trinajstić information content (AvgIpc) is 2.69. The molecule has 2 rings (SSSR count). The maximum Gasteiger partial charge on any atom is 0.237 e. The Morgan fingerprint density at radius 1 is 1.56 bits per heavy atom. The average molecular weight is 223 g/mol. The molecule has 1 aliphatic rings. The molecule has 0 spiro atoms. The largest absolute Gasteiger partial charge is 0.353 e. The summed E-state index contributed by atoms with van der Waals surface area (Å²) in [4.78, 5) is 11.6. The third kappa shape index (κ3) is 2.21. The van der Waals surface area contributed by atoms with E-state index in [-0.39, 0.29) is 11.9 Å². The number of nitrogens with zero attached hydrogens (tertiary/aromatic N) is 3. The second-order valence-electron chi connectivity index (χ2n) is 4.25. The highest BCUT2D eigenvalue weighted by Gasteiger charge is 2.23. The zero-order chi connectivity index (χ0) is 11.5. The fourth-order valence-electron chi connectivity index (χ4n) is 1.84. The number of nitrogens with one attached hydrogen (secondary N) is 2. The summed E-state index contributed by atoms with van der Waals surface area (Å²) in [6.07, 6.45) is 2.30. The van der Waals surface area contributed by atoms with Crippen molar-refractivity contribution in [2.24, 2.45) is 0 Å². The van der Waals surface area contributed by atoms with Crippen LogP contribution in [0.2, 0.25) is 0 Å². The molecule has 16 heavy (non-hydrogen) atoms. The highest BCUT2D eigenvalue weighted by Crippen LogP contribution is 2.09. The lowest BCUT2D eigenvalue weighted by molar-refractivity contribution is -0.124. The Morgan fingerprint density at radius 3 is 3.06 bits per heavy atom. The summed E-state index contributed by atoms with van der Waals surface area (Å²) >= 11 is 0. The van der Waals surface area contributed by atoms with Gasteiger partial charge in [-0.3, -0.25) is 4.79 Å². The van der Waals surface area contributed by atoms with E-state index >= 15 is 0 Å². The van der Waals surface area contributed by atoms with E-state index in [1.54, 1.807) is 6.33 Å². The monoisotopic (exact) mass is 223 g/mol. The zero-order valence-electron chi connectivity index (χ0n) is 9.60. The van der Waals surface area contributed by atoms with E-state index in [9.17, 15) is 4.79 Å². The van der Waals surface area contributed by atoms with Crippen LogP contribution in [0, 0.1) is 0 Å². The molecule has 1 fully saturated rings. The van der Waals surface area contributed by atoms with Crippen LogP contribution in [0.3, 0.4) is 0 Å². The van der Waals surface area contributed by atoms with Gasteiger partial charge < -0.3 is 15.2 Å². The molecule has 2 heterocycles. The summed E-state index contributed by atoms with van der Waals surface area (Å²) in [6.45, 7) is 5.65. The Bertz CT molecular complexity index is 373. The Balaban J connectivity index is 2.07. The summed E-state index contributed by atoms with van der Waals surface area (Å²) in [5, 5.41) is 14.0. The van der Waals surface area contributed by atoms with E-state index in [0.29, 0.717) is 19.0 Å². The van der Waals surface area contributed by atoms with E-state index in [0.717, 1.165) is 12.4 Å². The van der Waals surface area contributed by atoms with Gasteiger partial charge >= 0.3 is 0 Å². The quantitative estimate of drug-likeness (QED) is 0.724. The lowest BCUT2D eigenvalue weighted by Crippen LogP contribution is -2.54. The van der Waals surface area contributed by atoms with Gasteiger partial charge in [0.1, 0.15) is 12.2 Å². The molecule has 0 bridgehead atoms. The zero-order valence-corrected chi connectivity index (χ0v) is 9.60. The van der Waals surface area contributed by atoms with Gasteiger partial charge in [-0.2, -0.15) is 0 Å². The van der Waals surface area contributed by atoms with Crippen molar-refractivity contribution in [2.75, 3.05) is 13.1 Å². The number of hydrogen-bond acceptors (Lipinski definition) is 4. The molecule has 1 aromatic rings. The van der Waals surface area contributed by atoms with Gasteiger partial charge in [-0.05, 0) is 13.8 Å². The first-order valence-electron chi connectivity index (χ1n) is 5.58. The van der Waals surface area contributed by atoms with Crippen LogP contribution in [0.15, 0.2) is 6.33 Å². The van der Waals surface area contributed by atoms with Crippen molar-refractivity contribution >= 4 is 5.91 Å². The molecule has 1 aliphatic heterocycles. The predicted octanol–water partition coefficient (Wildman–Crippen LogP) is -0.510. The molecular weight excluding hydrogens is 206 g/mol. The number of aromatic nitrogens is 3. The molecule has 0 aromatic carbocycles. The normalized spacial score (nSPS) is 21.2. The maximum atomic E-state index is 11.6. The Kier molecular flexibility index (Phi) is 3.19. The molecule has 0 aliphatic carbocycles. The molecule has 2 N–H and O–H groups in total. The van der Waals surface area contributed by atoms with Crippen molar-refractivity contribution in [1.82, 2.24) is 25.4 Å². The summed E-state index contributed by atoms with van der Waals surface area (Å²) < 4.78 is 1.99. The number of piperazine rings is 1. The minimum Gasteiger partial charge on any atom is -0.353 e. The Morgan fingerprint density at radius 2 is 2.38 bits per heavy atom. The first-order valence-corrected chi connectivity index (χ1v) is 5.58. The predicted molar refractivity (Wildman–Crippen MR) is 58.9 cm³/mol. The van der Waals surface area contributed by atoms with Crippen LogP contribution in [0.1, 0.15) is 25.7 Å². The van der Waals surface area contributed by atoms with Crippen LogP contribution < -0.4 is 10.6 Å². The standard InChI is InChI=1S/C10H17N5O/c1-7(2)15-6-13-14-9(15)5-8-10(16)12-4-3-11-8/h6-8,11H,3-5H2,1-2H3,(H,12,16). The van der Waals surface area contributed by atoms with Crippen molar-refractivity contribution in [3.63, 3.8) is 0 Å². The number of rotatable bonds is 3. The number of amides is 1. The first kappa shape index (κ1) is 11.1. The third-order valence-electron chi connectivity index (χ3n) is 2.72. The SMILES string of the molecule is CC(C)n1cnnc1CC1NCCNC1=O. The van der Waals surface area contributed by atoms with E-state index < -0.39 is 0 Å². The number of carbonyl (C=O) groups is 1. The molecular formula is C10H17N5O. The van der Waals surface area contributed by atoms with Gasteiger partial charge in [0, 0.05) is 25.6 Å². The van der Waals surface area contributed by atoms with Crippen LogP contribution in [-0.2, 0) is 11.2 Å². The third-order valence-corrected chi connectivity index (χ3v) is 2.72. The second-order valence-corrected chi connectivity index (χ2v) is 4.25. The molecule has 1 unspecified atom stereocenters. The van der Waals surface area contributed by atoms with Gasteiger partial charge in [-0.25, -0.2) is 0 Å². The fraction of sp³-hybridized carbons (Fsp3) is 0.700. The van der Waals surface area contributed by atoms with E-state index in [2.05, 4.69) is 34.7 Å².